The molecule has 0 heterocycles. The zero-order valence-electron chi connectivity index (χ0n) is 15.0. The van der Waals surface area contributed by atoms with Gasteiger partial charge < -0.3 is 0 Å². The molecule has 0 aliphatic carbocycles. The molecule has 0 N–H and O–H groups in total. The zero-order valence-corrected chi connectivity index (χ0v) is 16.5. The third-order valence-electron chi connectivity index (χ3n) is 4.67. The number of hydrogen-bond acceptors (Lipinski definition) is 2. The summed E-state index contributed by atoms with van der Waals surface area (Å²) in [5.41, 5.74) is -1.15. The molecule has 2 nitrogen and oxygen atoms in total. The fourth-order valence-corrected chi connectivity index (χ4v) is 3.61. The van der Waals surface area contributed by atoms with Gasteiger partial charge in [-0.1, -0.05) is 90.9 Å². The van der Waals surface area contributed by atoms with Crippen LogP contribution in [0.2, 0.25) is 0 Å². The predicted octanol–water partition coefficient (Wildman–Crippen LogP) is 7.00. The first-order valence-electron chi connectivity index (χ1n) is 9.41. The van der Waals surface area contributed by atoms with E-state index in [1.165, 1.54) is 38.5 Å². The molecule has 0 rings (SSSR count). The number of carbonyl (C=O) groups excluding carboxylic acids is 2. The van der Waals surface area contributed by atoms with Crippen molar-refractivity contribution in [2.24, 2.45) is 5.41 Å². The molecule has 0 saturated carbocycles. The second-order valence-electron chi connectivity index (χ2n) is 6.67. The van der Waals surface area contributed by atoms with E-state index < -0.39 is 15.9 Å². The third kappa shape index (κ3) is 9.72. The second-order valence-corrected chi connectivity index (χ2v) is 7.35. The van der Waals surface area contributed by atoms with E-state index in [0.717, 1.165) is 38.5 Å². The lowest BCUT2D eigenvalue weighted by Crippen LogP contribution is -2.34. The maximum atomic E-state index is 11.9. The van der Waals surface area contributed by atoms with Crippen molar-refractivity contribution < 1.29 is 9.59 Å². The molecule has 136 valence electrons. The molecule has 0 bridgehead atoms. The zero-order chi connectivity index (χ0) is 17.6. The number of hydrogen-bond donors (Lipinski definition) is 0. The maximum absolute atomic E-state index is 11.9. The van der Waals surface area contributed by atoms with E-state index in [1.807, 2.05) is 0 Å². The van der Waals surface area contributed by atoms with E-state index in [0.29, 0.717) is 12.8 Å². The van der Waals surface area contributed by atoms with Crippen molar-refractivity contribution in [1.29, 1.82) is 0 Å². The average molecular weight is 365 g/mol. The van der Waals surface area contributed by atoms with E-state index in [4.69, 9.17) is 23.2 Å². The van der Waals surface area contributed by atoms with Gasteiger partial charge in [-0.3, -0.25) is 9.59 Å². The summed E-state index contributed by atoms with van der Waals surface area (Å²) in [5.74, 6) is 0. The number of carbonyl (C=O) groups is 2. The van der Waals surface area contributed by atoms with Crippen molar-refractivity contribution >= 4 is 33.7 Å². The van der Waals surface area contributed by atoms with Crippen LogP contribution in [-0.4, -0.2) is 10.5 Å². The predicted molar refractivity (Wildman–Crippen MR) is 100 cm³/mol. The molecule has 0 atom stereocenters. The summed E-state index contributed by atoms with van der Waals surface area (Å²) < 4.78 is 0. The van der Waals surface area contributed by atoms with E-state index >= 15 is 0 Å². The molecule has 0 spiro atoms. The Labute approximate surface area is 152 Å². The van der Waals surface area contributed by atoms with Gasteiger partial charge in [0.2, 0.25) is 10.5 Å². The highest BCUT2D eigenvalue weighted by atomic mass is 35.5. The van der Waals surface area contributed by atoms with Crippen molar-refractivity contribution in [1.82, 2.24) is 0 Å². The normalized spacial score (nSPS) is 11.7. The Morgan fingerprint density at radius 2 is 0.913 bits per heavy atom. The van der Waals surface area contributed by atoms with Gasteiger partial charge in [0.1, 0.15) is 5.41 Å². The highest BCUT2D eigenvalue weighted by Crippen LogP contribution is 2.37. The average Bonchev–Trinajstić information content (AvgIpc) is 2.51. The van der Waals surface area contributed by atoms with Crippen LogP contribution in [0.15, 0.2) is 0 Å². The van der Waals surface area contributed by atoms with Crippen LogP contribution in [0.5, 0.6) is 0 Å². The van der Waals surface area contributed by atoms with Crippen LogP contribution >= 0.6 is 23.2 Å². The van der Waals surface area contributed by atoms with E-state index in [-0.39, 0.29) is 0 Å². The quantitative estimate of drug-likeness (QED) is 0.168. The Morgan fingerprint density at radius 3 is 1.22 bits per heavy atom. The Balaban J connectivity index is 4.30. The lowest BCUT2D eigenvalue weighted by Gasteiger charge is -2.26. The van der Waals surface area contributed by atoms with Gasteiger partial charge in [-0.05, 0) is 36.0 Å². The molecule has 4 heteroatoms. The van der Waals surface area contributed by atoms with Gasteiger partial charge >= 0.3 is 0 Å². The Hall–Kier alpha value is -0.0800. The van der Waals surface area contributed by atoms with Gasteiger partial charge in [0, 0.05) is 0 Å². The molecule has 0 saturated heterocycles. The van der Waals surface area contributed by atoms with Gasteiger partial charge in [-0.15, -0.1) is 0 Å². The van der Waals surface area contributed by atoms with Gasteiger partial charge in [0.25, 0.3) is 0 Å². The fraction of sp³-hybridized carbons (Fsp3) is 0.895. The molecule has 0 aliphatic rings. The smallest absolute Gasteiger partial charge is 0.236 e. The summed E-state index contributed by atoms with van der Waals surface area (Å²) in [6.45, 7) is 4.37. The lowest BCUT2D eigenvalue weighted by molar-refractivity contribution is -0.132. The van der Waals surface area contributed by atoms with Gasteiger partial charge in [0.05, 0.1) is 0 Å². The topological polar surface area (TPSA) is 34.1 Å². The Kier molecular flexibility index (Phi) is 14.2. The molecule has 0 aromatic heterocycles. The molecule has 23 heavy (non-hydrogen) atoms. The second kappa shape index (κ2) is 14.3. The van der Waals surface area contributed by atoms with Crippen LogP contribution in [-0.2, 0) is 9.59 Å². The summed E-state index contributed by atoms with van der Waals surface area (Å²) in [4.78, 5) is 23.8. The monoisotopic (exact) mass is 364 g/mol. The Morgan fingerprint density at radius 1 is 0.609 bits per heavy atom. The van der Waals surface area contributed by atoms with Crippen LogP contribution in [0.1, 0.15) is 104 Å². The highest BCUT2D eigenvalue weighted by molar-refractivity contribution is 6.74. The minimum Gasteiger partial charge on any atom is -0.280 e. The number of rotatable bonds is 16. The maximum Gasteiger partial charge on any atom is 0.236 e. The molecule has 0 fully saturated rings. The highest BCUT2D eigenvalue weighted by Gasteiger charge is 2.42. The van der Waals surface area contributed by atoms with Gasteiger partial charge in [0.15, 0.2) is 0 Å². The van der Waals surface area contributed by atoms with E-state index in [1.54, 1.807) is 0 Å². The first-order valence-corrected chi connectivity index (χ1v) is 10.2. The van der Waals surface area contributed by atoms with Crippen LogP contribution < -0.4 is 0 Å². The SMILES string of the molecule is CCCCCCCCC(CCCCCCCC)(C(=O)Cl)C(=O)Cl. The molecule has 0 aromatic carbocycles. The van der Waals surface area contributed by atoms with Gasteiger partial charge in [-0.2, -0.15) is 0 Å². The van der Waals surface area contributed by atoms with Gasteiger partial charge in [-0.25, -0.2) is 0 Å². The molecule has 0 unspecified atom stereocenters. The first-order chi connectivity index (χ1) is 11.0. The molecule has 0 aromatic rings. The Bertz CT molecular complexity index is 297. The standard InChI is InChI=1S/C19H34Cl2O2/c1-3-5-7-9-11-13-15-19(17(20)22,18(21)23)16-14-12-10-8-6-4-2/h3-16H2,1-2H3. The molecule has 0 amide bonds. The first kappa shape index (κ1) is 22.9. The van der Waals surface area contributed by atoms with Crippen LogP contribution in [0.4, 0.5) is 0 Å². The van der Waals surface area contributed by atoms with Crippen molar-refractivity contribution in [3.05, 3.63) is 0 Å². The lowest BCUT2D eigenvalue weighted by atomic mass is 9.80. The number of halogens is 2. The van der Waals surface area contributed by atoms with Crippen molar-refractivity contribution in [2.45, 2.75) is 104 Å². The van der Waals surface area contributed by atoms with Crippen LogP contribution in [0.25, 0.3) is 0 Å². The molecule has 0 aliphatic heterocycles. The van der Waals surface area contributed by atoms with Crippen molar-refractivity contribution in [3.63, 3.8) is 0 Å². The molecular formula is C19H34Cl2O2. The van der Waals surface area contributed by atoms with Crippen LogP contribution in [0, 0.1) is 5.41 Å². The fourth-order valence-electron chi connectivity index (χ4n) is 3.01. The van der Waals surface area contributed by atoms with Crippen LogP contribution in [0.3, 0.4) is 0 Å². The van der Waals surface area contributed by atoms with E-state index in [9.17, 15) is 9.59 Å². The minimum atomic E-state index is -1.15. The summed E-state index contributed by atoms with van der Waals surface area (Å²) in [6, 6.07) is 0. The molecule has 0 radical (unpaired) electrons. The minimum absolute atomic E-state index is 0.499. The van der Waals surface area contributed by atoms with Crippen molar-refractivity contribution in [3.8, 4) is 0 Å². The summed E-state index contributed by atoms with van der Waals surface area (Å²) in [6.07, 6.45) is 14.4. The summed E-state index contributed by atoms with van der Waals surface area (Å²) >= 11 is 11.6. The summed E-state index contributed by atoms with van der Waals surface area (Å²) in [7, 11) is 0. The van der Waals surface area contributed by atoms with E-state index in [2.05, 4.69) is 13.8 Å². The third-order valence-corrected chi connectivity index (χ3v) is 5.39. The largest absolute Gasteiger partial charge is 0.280 e. The number of unbranched alkanes of at least 4 members (excludes halogenated alkanes) is 10. The summed E-state index contributed by atoms with van der Waals surface area (Å²) in [5, 5.41) is -1.14. The molecular weight excluding hydrogens is 331 g/mol. The van der Waals surface area contributed by atoms with Crippen molar-refractivity contribution in [2.75, 3.05) is 0 Å².